The fraction of sp³-hybridized carbons (Fsp3) is 0.455. The minimum atomic E-state index is -3.62. The van der Waals surface area contributed by atoms with Crippen LogP contribution in [0.1, 0.15) is 12.1 Å². The molecule has 0 amide bonds. The van der Waals surface area contributed by atoms with Crippen molar-refractivity contribution in [1.82, 2.24) is 14.6 Å². The van der Waals surface area contributed by atoms with E-state index in [9.17, 15) is 8.42 Å². The van der Waals surface area contributed by atoms with E-state index in [2.05, 4.69) is 10.3 Å². The summed E-state index contributed by atoms with van der Waals surface area (Å²) in [7, 11) is -3.62. The molecule has 0 aliphatic carbocycles. The number of hydrogen-bond donors (Lipinski definition) is 1. The zero-order valence-electron chi connectivity index (χ0n) is 9.83. The monoisotopic (exact) mass is 266 g/mol. The molecule has 0 atom stereocenters. The SMILES string of the molecule is N#Cc1ncccc1S(=O)(=O)N1CCCNCC1. The molecule has 2 heterocycles. The average molecular weight is 266 g/mol. The molecule has 0 saturated carbocycles. The minimum absolute atomic E-state index is 0.00519. The van der Waals surface area contributed by atoms with Crippen LogP contribution in [0.15, 0.2) is 23.2 Å². The maximum Gasteiger partial charge on any atom is 0.246 e. The number of hydrogen-bond acceptors (Lipinski definition) is 5. The van der Waals surface area contributed by atoms with Gasteiger partial charge in [0.25, 0.3) is 0 Å². The lowest BCUT2D eigenvalue weighted by Crippen LogP contribution is -2.34. The lowest BCUT2D eigenvalue weighted by Gasteiger charge is -2.19. The minimum Gasteiger partial charge on any atom is -0.315 e. The number of pyridine rings is 1. The van der Waals surface area contributed by atoms with E-state index in [1.54, 1.807) is 0 Å². The summed E-state index contributed by atoms with van der Waals surface area (Å²) >= 11 is 0. The molecule has 1 aromatic rings. The quantitative estimate of drug-likeness (QED) is 0.810. The standard InChI is InChI=1S/C11H14N4O2S/c12-9-10-11(3-1-5-14-10)18(16,17)15-7-2-4-13-6-8-15/h1,3,5,13H,2,4,6-8H2. The van der Waals surface area contributed by atoms with Gasteiger partial charge in [-0.25, -0.2) is 13.4 Å². The van der Waals surface area contributed by atoms with Crippen molar-refractivity contribution in [3.8, 4) is 6.07 Å². The van der Waals surface area contributed by atoms with Crippen molar-refractivity contribution < 1.29 is 8.42 Å². The third-order valence-electron chi connectivity index (χ3n) is 2.79. The first-order valence-electron chi connectivity index (χ1n) is 5.72. The van der Waals surface area contributed by atoms with Crippen molar-refractivity contribution in [2.75, 3.05) is 26.2 Å². The Bertz CT molecular complexity index is 557. The van der Waals surface area contributed by atoms with E-state index in [-0.39, 0.29) is 10.6 Å². The van der Waals surface area contributed by atoms with Crippen molar-refractivity contribution in [2.45, 2.75) is 11.3 Å². The normalized spacial score (nSPS) is 17.9. The number of nitrogens with zero attached hydrogens (tertiary/aromatic N) is 3. The first-order valence-corrected chi connectivity index (χ1v) is 7.16. The molecule has 1 fully saturated rings. The molecule has 0 radical (unpaired) electrons. The highest BCUT2D eigenvalue weighted by Gasteiger charge is 2.27. The molecule has 0 unspecified atom stereocenters. The number of rotatable bonds is 2. The second-order valence-corrected chi connectivity index (χ2v) is 5.88. The summed E-state index contributed by atoms with van der Waals surface area (Å²) in [5, 5.41) is 12.1. The fourth-order valence-electron chi connectivity index (χ4n) is 1.88. The third kappa shape index (κ3) is 2.51. The van der Waals surface area contributed by atoms with E-state index in [1.165, 1.54) is 22.6 Å². The van der Waals surface area contributed by atoms with E-state index in [1.807, 2.05) is 6.07 Å². The van der Waals surface area contributed by atoms with Gasteiger partial charge in [0.1, 0.15) is 11.0 Å². The van der Waals surface area contributed by atoms with Gasteiger partial charge in [0.05, 0.1) is 0 Å². The summed E-state index contributed by atoms with van der Waals surface area (Å²) in [5.41, 5.74) is -0.0466. The maximum absolute atomic E-state index is 12.4. The van der Waals surface area contributed by atoms with Gasteiger partial charge in [0.2, 0.25) is 10.0 Å². The molecule has 1 aromatic heterocycles. The lowest BCUT2D eigenvalue weighted by molar-refractivity contribution is 0.431. The largest absolute Gasteiger partial charge is 0.315 e. The molecule has 18 heavy (non-hydrogen) atoms. The Labute approximate surface area is 106 Å². The molecule has 6 nitrogen and oxygen atoms in total. The predicted octanol–water partition coefficient (Wildman–Crippen LogP) is -0.0627. The number of nitriles is 1. The van der Waals surface area contributed by atoms with Gasteiger partial charge < -0.3 is 5.32 Å². The van der Waals surface area contributed by atoms with Crippen LogP contribution in [0.3, 0.4) is 0 Å². The van der Waals surface area contributed by atoms with Gasteiger partial charge in [-0.2, -0.15) is 9.57 Å². The Morgan fingerprint density at radius 1 is 1.39 bits per heavy atom. The Morgan fingerprint density at radius 2 is 2.22 bits per heavy atom. The zero-order chi connectivity index (χ0) is 13.0. The fourth-order valence-corrected chi connectivity index (χ4v) is 3.46. The van der Waals surface area contributed by atoms with Crippen LogP contribution in [0.5, 0.6) is 0 Å². The number of aromatic nitrogens is 1. The summed E-state index contributed by atoms with van der Waals surface area (Å²) in [5.74, 6) is 0. The molecule has 0 aromatic carbocycles. The molecule has 1 saturated heterocycles. The van der Waals surface area contributed by atoms with Crippen molar-refractivity contribution in [2.24, 2.45) is 0 Å². The molecule has 96 valence electrons. The second-order valence-electron chi connectivity index (χ2n) is 3.97. The van der Waals surface area contributed by atoms with E-state index in [0.717, 1.165) is 13.0 Å². The molecule has 1 aliphatic rings. The molecular weight excluding hydrogens is 252 g/mol. The van der Waals surface area contributed by atoms with Gasteiger partial charge in [-0.3, -0.25) is 0 Å². The molecule has 1 aliphatic heterocycles. The summed E-state index contributed by atoms with van der Waals surface area (Å²) in [6.45, 7) is 2.32. The van der Waals surface area contributed by atoms with Gasteiger partial charge in [-0.1, -0.05) is 0 Å². The van der Waals surface area contributed by atoms with Gasteiger partial charge in [-0.05, 0) is 25.1 Å². The van der Waals surface area contributed by atoms with E-state index < -0.39 is 10.0 Å². The third-order valence-corrected chi connectivity index (χ3v) is 4.72. The van der Waals surface area contributed by atoms with E-state index in [4.69, 9.17) is 5.26 Å². The molecule has 2 rings (SSSR count). The van der Waals surface area contributed by atoms with Crippen molar-refractivity contribution in [1.29, 1.82) is 5.26 Å². The van der Waals surface area contributed by atoms with Crippen LogP contribution in [0, 0.1) is 11.3 Å². The lowest BCUT2D eigenvalue weighted by atomic mass is 10.4. The van der Waals surface area contributed by atoms with Crippen LogP contribution in [-0.4, -0.2) is 43.9 Å². The Morgan fingerprint density at radius 3 is 3.00 bits per heavy atom. The Kier molecular flexibility index (Phi) is 3.91. The van der Waals surface area contributed by atoms with E-state index in [0.29, 0.717) is 19.6 Å². The van der Waals surface area contributed by atoms with Crippen molar-refractivity contribution >= 4 is 10.0 Å². The molecular formula is C11H14N4O2S. The summed E-state index contributed by atoms with van der Waals surface area (Å²) in [4.78, 5) is 3.79. The molecule has 0 bridgehead atoms. The van der Waals surface area contributed by atoms with Gasteiger partial charge in [0.15, 0.2) is 5.69 Å². The highest BCUT2D eigenvalue weighted by atomic mass is 32.2. The maximum atomic E-state index is 12.4. The van der Waals surface area contributed by atoms with Crippen LogP contribution in [-0.2, 0) is 10.0 Å². The van der Waals surface area contributed by atoms with Crippen LogP contribution >= 0.6 is 0 Å². The highest BCUT2D eigenvalue weighted by Crippen LogP contribution is 2.18. The predicted molar refractivity (Wildman–Crippen MR) is 65.2 cm³/mol. The van der Waals surface area contributed by atoms with Gasteiger partial charge in [0, 0.05) is 25.8 Å². The van der Waals surface area contributed by atoms with E-state index >= 15 is 0 Å². The topological polar surface area (TPSA) is 86.1 Å². The van der Waals surface area contributed by atoms with Crippen LogP contribution < -0.4 is 5.32 Å². The van der Waals surface area contributed by atoms with Crippen LogP contribution in [0.25, 0.3) is 0 Å². The van der Waals surface area contributed by atoms with Crippen LogP contribution in [0.2, 0.25) is 0 Å². The smallest absolute Gasteiger partial charge is 0.246 e. The number of sulfonamides is 1. The first kappa shape index (κ1) is 13.0. The summed E-state index contributed by atoms with van der Waals surface area (Å²) in [6.07, 6.45) is 2.18. The highest BCUT2D eigenvalue weighted by molar-refractivity contribution is 7.89. The zero-order valence-corrected chi connectivity index (χ0v) is 10.7. The molecule has 7 heteroatoms. The average Bonchev–Trinajstić information content (AvgIpc) is 2.68. The molecule has 0 spiro atoms. The number of nitrogens with one attached hydrogen (secondary N) is 1. The summed E-state index contributed by atoms with van der Waals surface area (Å²) in [6, 6.07) is 4.79. The van der Waals surface area contributed by atoms with Gasteiger partial charge >= 0.3 is 0 Å². The Hall–Kier alpha value is -1.49. The van der Waals surface area contributed by atoms with Gasteiger partial charge in [-0.15, -0.1) is 0 Å². The van der Waals surface area contributed by atoms with Crippen LogP contribution in [0.4, 0.5) is 0 Å². The first-order chi connectivity index (χ1) is 8.66. The van der Waals surface area contributed by atoms with Crippen molar-refractivity contribution in [3.63, 3.8) is 0 Å². The Balaban J connectivity index is 2.38. The van der Waals surface area contributed by atoms with Crippen molar-refractivity contribution in [3.05, 3.63) is 24.0 Å². The second kappa shape index (κ2) is 5.44. The summed E-state index contributed by atoms with van der Waals surface area (Å²) < 4.78 is 26.3. The molecule has 1 N–H and O–H groups in total.